The van der Waals surface area contributed by atoms with E-state index in [1.54, 1.807) is 7.11 Å². The number of nitrogens with one attached hydrogen (secondary N) is 1. The number of fused-ring (bicyclic) bond motifs is 1. The molecule has 1 aromatic carbocycles. The summed E-state index contributed by atoms with van der Waals surface area (Å²) in [6.07, 6.45) is 0. The fourth-order valence-electron chi connectivity index (χ4n) is 2.19. The van der Waals surface area contributed by atoms with Crippen molar-refractivity contribution in [2.24, 2.45) is 0 Å². The maximum atomic E-state index is 5.25. The van der Waals surface area contributed by atoms with Crippen molar-refractivity contribution in [2.75, 3.05) is 13.7 Å². The number of hydrogen-bond acceptors (Lipinski definition) is 3. The second-order valence-corrected chi connectivity index (χ2v) is 4.63. The van der Waals surface area contributed by atoms with Crippen LogP contribution >= 0.6 is 0 Å². The van der Waals surface area contributed by atoms with Crippen molar-refractivity contribution in [2.45, 2.75) is 33.4 Å². The second-order valence-electron chi connectivity index (χ2n) is 4.63. The van der Waals surface area contributed by atoms with Gasteiger partial charge >= 0.3 is 0 Å². The molecule has 18 heavy (non-hydrogen) atoms. The summed E-state index contributed by atoms with van der Waals surface area (Å²) in [6.45, 7) is 8.21. The zero-order chi connectivity index (χ0) is 13.1. The molecule has 4 nitrogen and oxygen atoms in total. The van der Waals surface area contributed by atoms with Crippen LogP contribution < -0.4 is 10.1 Å². The van der Waals surface area contributed by atoms with Crippen LogP contribution in [0.25, 0.3) is 11.0 Å². The van der Waals surface area contributed by atoms with Crippen LogP contribution in [0.1, 0.15) is 32.6 Å². The molecule has 0 fully saturated rings. The molecule has 0 unspecified atom stereocenters. The third-order valence-electron chi connectivity index (χ3n) is 3.02. The van der Waals surface area contributed by atoms with Gasteiger partial charge in [-0.05, 0) is 32.5 Å². The molecular weight excluding hydrogens is 226 g/mol. The van der Waals surface area contributed by atoms with Crippen molar-refractivity contribution in [3.05, 3.63) is 24.0 Å². The maximum absolute atomic E-state index is 5.25. The van der Waals surface area contributed by atoms with Crippen LogP contribution in [0.15, 0.2) is 18.2 Å². The molecule has 0 aliphatic heterocycles. The summed E-state index contributed by atoms with van der Waals surface area (Å²) in [4.78, 5) is 4.70. The minimum atomic E-state index is 0.400. The van der Waals surface area contributed by atoms with E-state index in [4.69, 9.17) is 9.72 Å². The third kappa shape index (κ3) is 2.34. The van der Waals surface area contributed by atoms with Gasteiger partial charge in [-0.15, -0.1) is 0 Å². The van der Waals surface area contributed by atoms with Crippen molar-refractivity contribution in [1.29, 1.82) is 0 Å². The molecule has 0 spiro atoms. The molecular formula is C14H21N3O. The van der Waals surface area contributed by atoms with Crippen LogP contribution in [0.4, 0.5) is 0 Å². The fourth-order valence-corrected chi connectivity index (χ4v) is 2.19. The highest BCUT2D eigenvalue weighted by Gasteiger charge is 2.13. The van der Waals surface area contributed by atoms with Gasteiger partial charge in [-0.2, -0.15) is 0 Å². The van der Waals surface area contributed by atoms with Gasteiger partial charge in [0.2, 0.25) is 0 Å². The van der Waals surface area contributed by atoms with Crippen LogP contribution in [-0.2, 0) is 6.54 Å². The van der Waals surface area contributed by atoms with E-state index in [9.17, 15) is 0 Å². The summed E-state index contributed by atoms with van der Waals surface area (Å²) in [5, 5.41) is 3.33. The van der Waals surface area contributed by atoms with Gasteiger partial charge in [-0.25, -0.2) is 4.98 Å². The number of ether oxygens (including phenoxy) is 1. The van der Waals surface area contributed by atoms with Crippen LogP contribution in [-0.4, -0.2) is 23.2 Å². The number of aromatic nitrogens is 2. The summed E-state index contributed by atoms with van der Waals surface area (Å²) >= 11 is 0. The molecule has 0 radical (unpaired) electrons. The van der Waals surface area contributed by atoms with Gasteiger partial charge in [-0.3, -0.25) is 0 Å². The van der Waals surface area contributed by atoms with Crippen LogP contribution in [0, 0.1) is 0 Å². The lowest BCUT2D eigenvalue weighted by Crippen LogP contribution is -2.17. The standard InChI is InChI=1S/C14H21N3O/c1-5-15-9-14-16-12-8-11(18-4)6-7-13(12)17(14)10(2)3/h6-8,10,15H,5,9H2,1-4H3. The lowest BCUT2D eigenvalue weighted by molar-refractivity contribution is 0.415. The number of hydrogen-bond donors (Lipinski definition) is 1. The van der Waals surface area contributed by atoms with Crippen LogP contribution in [0.2, 0.25) is 0 Å². The summed E-state index contributed by atoms with van der Waals surface area (Å²) in [5.74, 6) is 1.93. The van der Waals surface area contributed by atoms with Crippen LogP contribution in [0.3, 0.4) is 0 Å². The van der Waals surface area contributed by atoms with E-state index in [1.807, 2.05) is 12.1 Å². The average Bonchev–Trinajstić information content (AvgIpc) is 2.73. The molecule has 1 heterocycles. The number of rotatable bonds is 5. The van der Waals surface area contributed by atoms with Gasteiger partial charge in [0.05, 0.1) is 24.7 Å². The number of nitrogens with zero attached hydrogens (tertiary/aromatic N) is 2. The van der Waals surface area contributed by atoms with Gasteiger partial charge < -0.3 is 14.6 Å². The minimum absolute atomic E-state index is 0.400. The fraction of sp³-hybridized carbons (Fsp3) is 0.500. The third-order valence-corrected chi connectivity index (χ3v) is 3.02. The van der Waals surface area contributed by atoms with Crippen LogP contribution in [0.5, 0.6) is 5.75 Å². The number of imidazole rings is 1. The van der Waals surface area contributed by atoms with Crippen molar-refractivity contribution >= 4 is 11.0 Å². The zero-order valence-corrected chi connectivity index (χ0v) is 11.5. The van der Waals surface area contributed by atoms with Gasteiger partial charge in [0, 0.05) is 12.1 Å². The lowest BCUT2D eigenvalue weighted by Gasteiger charge is -2.13. The Balaban J connectivity index is 2.51. The number of methoxy groups -OCH3 is 1. The van der Waals surface area contributed by atoms with E-state index in [-0.39, 0.29) is 0 Å². The van der Waals surface area contributed by atoms with E-state index in [0.29, 0.717) is 6.04 Å². The Hall–Kier alpha value is -1.55. The Bertz CT molecular complexity index is 531. The minimum Gasteiger partial charge on any atom is -0.497 e. The highest BCUT2D eigenvalue weighted by atomic mass is 16.5. The summed E-state index contributed by atoms with van der Waals surface area (Å²) in [7, 11) is 1.68. The Morgan fingerprint density at radius 1 is 1.39 bits per heavy atom. The van der Waals surface area contributed by atoms with Gasteiger partial charge in [0.15, 0.2) is 0 Å². The molecule has 0 amide bonds. The summed E-state index contributed by atoms with van der Waals surface area (Å²) in [5.41, 5.74) is 2.16. The Kier molecular flexibility index (Phi) is 3.87. The smallest absolute Gasteiger partial charge is 0.124 e. The predicted molar refractivity (Wildman–Crippen MR) is 74.1 cm³/mol. The molecule has 0 saturated heterocycles. The number of benzene rings is 1. The molecule has 1 N–H and O–H groups in total. The molecule has 0 aliphatic carbocycles. The largest absolute Gasteiger partial charge is 0.497 e. The monoisotopic (exact) mass is 247 g/mol. The maximum Gasteiger partial charge on any atom is 0.124 e. The van der Waals surface area contributed by atoms with Gasteiger partial charge in [0.1, 0.15) is 11.6 Å². The first-order valence-corrected chi connectivity index (χ1v) is 6.43. The quantitative estimate of drug-likeness (QED) is 0.883. The first-order chi connectivity index (χ1) is 8.67. The molecule has 0 bridgehead atoms. The van der Waals surface area contributed by atoms with Gasteiger partial charge in [0.25, 0.3) is 0 Å². The highest BCUT2D eigenvalue weighted by Crippen LogP contribution is 2.24. The van der Waals surface area contributed by atoms with Crippen molar-refractivity contribution in [1.82, 2.24) is 14.9 Å². The lowest BCUT2D eigenvalue weighted by atomic mass is 10.2. The first-order valence-electron chi connectivity index (χ1n) is 6.43. The SMILES string of the molecule is CCNCc1nc2cc(OC)ccc2n1C(C)C. The molecule has 98 valence electrons. The van der Waals surface area contributed by atoms with E-state index in [0.717, 1.165) is 30.2 Å². The van der Waals surface area contributed by atoms with Crippen molar-refractivity contribution < 1.29 is 4.74 Å². The second kappa shape index (κ2) is 5.40. The molecule has 2 aromatic rings. The summed E-state index contributed by atoms with van der Waals surface area (Å²) in [6, 6.07) is 6.46. The first kappa shape index (κ1) is 12.9. The molecule has 0 saturated carbocycles. The van der Waals surface area contributed by atoms with E-state index in [1.165, 1.54) is 5.52 Å². The molecule has 2 rings (SSSR count). The van der Waals surface area contributed by atoms with Crippen molar-refractivity contribution in [3.63, 3.8) is 0 Å². The van der Waals surface area contributed by atoms with E-state index in [2.05, 4.69) is 36.7 Å². The molecule has 0 aliphatic rings. The van der Waals surface area contributed by atoms with Gasteiger partial charge in [-0.1, -0.05) is 6.92 Å². The van der Waals surface area contributed by atoms with Crippen molar-refractivity contribution in [3.8, 4) is 5.75 Å². The average molecular weight is 247 g/mol. The Morgan fingerprint density at radius 2 is 2.17 bits per heavy atom. The molecule has 4 heteroatoms. The zero-order valence-electron chi connectivity index (χ0n) is 11.5. The Labute approximate surface area is 108 Å². The molecule has 0 atom stereocenters. The highest BCUT2D eigenvalue weighted by molar-refractivity contribution is 5.78. The normalized spacial score (nSPS) is 11.4. The van der Waals surface area contributed by atoms with E-state index >= 15 is 0 Å². The molecule has 1 aromatic heterocycles. The Morgan fingerprint density at radius 3 is 2.78 bits per heavy atom. The topological polar surface area (TPSA) is 39.1 Å². The van der Waals surface area contributed by atoms with E-state index < -0.39 is 0 Å². The predicted octanol–water partition coefficient (Wildman–Crippen LogP) is 2.74. The summed E-state index contributed by atoms with van der Waals surface area (Å²) < 4.78 is 7.52.